The zero-order chi connectivity index (χ0) is 20.1. The van der Waals surface area contributed by atoms with Crippen LogP contribution in [0.1, 0.15) is 0 Å². The summed E-state index contributed by atoms with van der Waals surface area (Å²) in [6, 6.07) is 10.5. The second-order valence-corrected chi connectivity index (χ2v) is 8.17. The molecule has 1 N–H and O–H groups in total. The van der Waals surface area contributed by atoms with Crippen molar-refractivity contribution < 1.29 is 22.9 Å². The molecule has 0 aliphatic carbocycles. The van der Waals surface area contributed by atoms with Crippen molar-refractivity contribution >= 4 is 27.1 Å². The fourth-order valence-electron chi connectivity index (χ4n) is 2.76. The summed E-state index contributed by atoms with van der Waals surface area (Å²) in [4.78, 5) is 24.2. The Morgan fingerprint density at radius 1 is 1.04 bits per heavy atom. The lowest BCUT2D eigenvalue weighted by molar-refractivity contribution is -0.384. The fourth-order valence-corrected chi connectivity index (χ4v) is 4.02. The molecule has 0 aromatic heterocycles. The molecule has 2 aromatic rings. The Hall–Kier alpha value is -2.82. The Morgan fingerprint density at radius 2 is 1.57 bits per heavy atom. The smallest absolute Gasteiger partial charge is 0.269 e. The van der Waals surface area contributed by atoms with Crippen LogP contribution in [0, 0.1) is 10.1 Å². The molecule has 148 valence electrons. The molecule has 28 heavy (non-hydrogen) atoms. The number of hydrogen-bond donors (Lipinski definition) is 1. The molecule has 9 nitrogen and oxygen atoms in total. The van der Waals surface area contributed by atoms with E-state index in [2.05, 4.69) is 5.32 Å². The molecule has 0 atom stereocenters. The molecule has 1 heterocycles. The number of nitro groups is 1. The van der Waals surface area contributed by atoms with Crippen LogP contribution >= 0.6 is 0 Å². The van der Waals surface area contributed by atoms with Gasteiger partial charge in [-0.1, -0.05) is 0 Å². The van der Waals surface area contributed by atoms with E-state index < -0.39 is 14.8 Å². The first-order valence-electron chi connectivity index (χ1n) is 8.56. The lowest BCUT2D eigenvalue weighted by Gasteiger charge is -2.25. The van der Waals surface area contributed by atoms with Crippen molar-refractivity contribution in [2.75, 3.05) is 38.2 Å². The molecule has 0 bridgehead atoms. The quantitative estimate of drug-likeness (QED) is 0.574. The maximum absolute atomic E-state index is 12.6. The number of hydrogen-bond acceptors (Lipinski definition) is 7. The minimum atomic E-state index is -3.81. The van der Waals surface area contributed by atoms with E-state index in [9.17, 15) is 23.3 Å². The Kier molecular flexibility index (Phi) is 6.02. The van der Waals surface area contributed by atoms with Crippen molar-refractivity contribution in [1.82, 2.24) is 4.90 Å². The minimum absolute atomic E-state index is 0.0348. The molecule has 0 spiro atoms. The van der Waals surface area contributed by atoms with Gasteiger partial charge in [-0.2, -0.15) is 0 Å². The molecule has 2 aromatic carbocycles. The average molecular weight is 405 g/mol. The summed E-state index contributed by atoms with van der Waals surface area (Å²) in [7, 11) is -3.81. The molecular weight excluding hydrogens is 386 g/mol. The lowest BCUT2D eigenvalue weighted by atomic mass is 10.3. The Bertz CT molecular complexity index is 952. The van der Waals surface area contributed by atoms with Gasteiger partial charge >= 0.3 is 0 Å². The van der Waals surface area contributed by atoms with Crippen LogP contribution in [-0.4, -0.2) is 57.0 Å². The highest BCUT2D eigenvalue weighted by Gasteiger charge is 2.19. The van der Waals surface area contributed by atoms with Crippen LogP contribution in [-0.2, 0) is 19.4 Å². The van der Waals surface area contributed by atoms with Crippen LogP contribution in [0.25, 0.3) is 0 Å². The summed E-state index contributed by atoms with van der Waals surface area (Å²) in [5, 5.41) is 13.4. The second-order valence-electron chi connectivity index (χ2n) is 6.22. The van der Waals surface area contributed by atoms with Gasteiger partial charge in [0.2, 0.25) is 15.7 Å². The molecule has 0 saturated carbocycles. The van der Waals surface area contributed by atoms with E-state index in [1.165, 1.54) is 36.4 Å². The number of nitrogens with zero attached hydrogens (tertiary/aromatic N) is 2. The highest BCUT2D eigenvalue weighted by molar-refractivity contribution is 7.91. The van der Waals surface area contributed by atoms with Crippen molar-refractivity contribution in [2.45, 2.75) is 9.79 Å². The maximum Gasteiger partial charge on any atom is 0.269 e. The third kappa shape index (κ3) is 4.71. The van der Waals surface area contributed by atoms with Gasteiger partial charge in [0, 0.05) is 30.9 Å². The van der Waals surface area contributed by atoms with Crippen LogP contribution in [0.2, 0.25) is 0 Å². The SMILES string of the molecule is O=C(CN1CCOCC1)Nc1ccc(S(=O)(=O)c2ccc([N+](=O)[O-])cc2)cc1. The van der Waals surface area contributed by atoms with E-state index in [-0.39, 0.29) is 27.9 Å². The maximum atomic E-state index is 12.6. The van der Waals surface area contributed by atoms with Gasteiger partial charge in [-0.15, -0.1) is 0 Å². The number of benzene rings is 2. The Morgan fingerprint density at radius 3 is 2.11 bits per heavy atom. The fraction of sp³-hybridized carbons (Fsp3) is 0.278. The number of nitro benzene ring substituents is 1. The zero-order valence-corrected chi connectivity index (χ0v) is 15.7. The number of amides is 1. The predicted molar refractivity (Wildman–Crippen MR) is 101 cm³/mol. The number of sulfone groups is 1. The molecule has 1 fully saturated rings. The van der Waals surface area contributed by atoms with Gasteiger partial charge in [0.05, 0.1) is 34.5 Å². The first kappa shape index (κ1) is 19.9. The van der Waals surface area contributed by atoms with Crippen LogP contribution in [0.15, 0.2) is 58.3 Å². The van der Waals surface area contributed by atoms with Gasteiger partial charge in [-0.05, 0) is 36.4 Å². The first-order valence-corrected chi connectivity index (χ1v) is 10.0. The first-order chi connectivity index (χ1) is 13.4. The topological polar surface area (TPSA) is 119 Å². The van der Waals surface area contributed by atoms with Crippen LogP contribution in [0.3, 0.4) is 0 Å². The van der Waals surface area contributed by atoms with Gasteiger partial charge < -0.3 is 10.1 Å². The molecule has 1 saturated heterocycles. The predicted octanol–water partition coefficient (Wildman–Crippen LogP) is 1.70. The number of carbonyl (C=O) groups excluding carboxylic acids is 1. The van der Waals surface area contributed by atoms with Crippen molar-refractivity contribution in [1.29, 1.82) is 0 Å². The van der Waals surface area contributed by atoms with E-state index >= 15 is 0 Å². The van der Waals surface area contributed by atoms with Crippen molar-refractivity contribution in [3.8, 4) is 0 Å². The summed E-state index contributed by atoms with van der Waals surface area (Å²) >= 11 is 0. The summed E-state index contributed by atoms with van der Waals surface area (Å²) in [5.74, 6) is -0.187. The van der Waals surface area contributed by atoms with Crippen molar-refractivity contribution in [2.24, 2.45) is 0 Å². The molecule has 0 unspecified atom stereocenters. The molecule has 1 aliphatic heterocycles. The van der Waals surface area contributed by atoms with Crippen LogP contribution in [0.4, 0.5) is 11.4 Å². The zero-order valence-electron chi connectivity index (χ0n) is 14.9. The van der Waals surface area contributed by atoms with Gasteiger partial charge in [-0.25, -0.2) is 8.42 Å². The van der Waals surface area contributed by atoms with Gasteiger partial charge in [0.15, 0.2) is 0 Å². The monoisotopic (exact) mass is 405 g/mol. The average Bonchev–Trinajstić information content (AvgIpc) is 2.69. The third-order valence-corrected chi connectivity index (χ3v) is 6.06. The molecule has 0 radical (unpaired) electrons. The molecular formula is C18H19N3O6S. The number of non-ortho nitro benzene ring substituents is 1. The van der Waals surface area contributed by atoms with Crippen molar-refractivity contribution in [3.05, 3.63) is 58.6 Å². The van der Waals surface area contributed by atoms with E-state index in [1.54, 1.807) is 0 Å². The standard InChI is InChI=1S/C18H19N3O6S/c22-18(13-20-9-11-27-12-10-20)19-14-1-5-16(6-2-14)28(25,26)17-7-3-15(4-8-17)21(23)24/h1-8H,9-13H2,(H,19,22). The number of carbonyl (C=O) groups is 1. The molecule has 1 aliphatic rings. The number of rotatable bonds is 6. The number of morpholine rings is 1. The Balaban J connectivity index is 1.67. The normalized spacial score (nSPS) is 15.1. The summed E-state index contributed by atoms with van der Waals surface area (Å²) in [5.41, 5.74) is 0.304. The van der Waals surface area contributed by atoms with Gasteiger partial charge in [-0.3, -0.25) is 19.8 Å². The van der Waals surface area contributed by atoms with Crippen molar-refractivity contribution in [3.63, 3.8) is 0 Å². The molecule has 10 heteroatoms. The number of ether oxygens (including phenoxy) is 1. The van der Waals surface area contributed by atoms with Crippen LogP contribution in [0.5, 0.6) is 0 Å². The Labute approximate surface area is 162 Å². The van der Waals surface area contributed by atoms with Gasteiger partial charge in [0.1, 0.15) is 0 Å². The summed E-state index contributed by atoms with van der Waals surface area (Å²) in [6.07, 6.45) is 0. The summed E-state index contributed by atoms with van der Waals surface area (Å²) < 4.78 is 30.5. The van der Waals surface area contributed by atoms with E-state index in [0.29, 0.717) is 32.0 Å². The molecule has 1 amide bonds. The highest BCUT2D eigenvalue weighted by atomic mass is 32.2. The van der Waals surface area contributed by atoms with E-state index in [1.807, 2.05) is 4.90 Å². The van der Waals surface area contributed by atoms with E-state index in [4.69, 9.17) is 4.74 Å². The van der Waals surface area contributed by atoms with E-state index in [0.717, 1.165) is 12.1 Å². The third-order valence-electron chi connectivity index (χ3n) is 4.28. The van der Waals surface area contributed by atoms with Gasteiger partial charge in [0.25, 0.3) is 5.69 Å². The minimum Gasteiger partial charge on any atom is -0.379 e. The number of anilines is 1. The largest absolute Gasteiger partial charge is 0.379 e. The highest BCUT2D eigenvalue weighted by Crippen LogP contribution is 2.24. The second kappa shape index (κ2) is 8.46. The number of nitrogens with one attached hydrogen (secondary N) is 1. The van der Waals surface area contributed by atoms with Crippen LogP contribution < -0.4 is 5.32 Å². The lowest BCUT2D eigenvalue weighted by Crippen LogP contribution is -2.41. The summed E-state index contributed by atoms with van der Waals surface area (Å²) in [6.45, 7) is 2.83. The molecule has 3 rings (SSSR count).